The van der Waals surface area contributed by atoms with Gasteiger partial charge >= 0.3 is 0 Å². The number of hydrogen-bond donors (Lipinski definition) is 2. The van der Waals surface area contributed by atoms with Crippen molar-refractivity contribution in [2.45, 2.75) is 20.3 Å². The molecule has 0 aliphatic heterocycles. The quantitative estimate of drug-likeness (QED) is 0.773. The number of aliphatic hydroxyl groups excluding tert-OH is 1. The van der Waals surface area contributed by atoms with Crippen LogP contribution in [0.4, 0.5) is 5.69 Å². The average molecular weight is 315 g/mol. The molecule has 1 amide bonds. The Morgan fingerprint density at radius 2 is 2.14 bits per heavy atom. The van der Waals surface area contributed by atoms with Gasteiger partial charge in [0.2, 0.25) is 5.91 Å². The van der Waals surface area contributed by atoms with Crippen LogP contribution in [0.5, 0.6) is 5.75 Å². The van der Waals surface area contributed by atoms with Crippen LogP contribution in [0.15, 0.2) is 12.1 Å². The molecule has 1 rings (SSSR count). The Labute approximate surface area is 130 Å². The van der Waals surface area contributed by atoms with E-state index in [0.717, 1.165) is 18.5 Å². The summed E-state index contributed by atoms with van der Waals surface area (Å²) >= 11 is 6.04. The molecule has 0 unspecified atom stereocenters. The second-order valence-corrected chi connectivity index (χ2v) is 5.26. The van der Waals surface area contributed by atoms with Crippen molar-refractivity contribution >= 4 is 23.2 Å². The van der Waals surface area contributed by atoms with E-state index in [2.05, 4.69) is 5.32 Å². The molecule has 0 aliphatic rings. The SMILES string of the molecule is CCCN(CCO)CC(=O)Nc1cc(C)c(Cl)cc1OC. The molecular formula is C15H23ClN2O3. The molecule has 5 nitrogen and oxygen atoms in total. The van der Waals surface area contributed by atoms with Crippen LogP contribution in [-0.4, -0.2) is 49.3 Å². The van der Waals surface area contributed by atoms with E-state index in [4.69, 9.17) is 21.4 Å². The van der Waals surface area contributed by atoms with E-state index in [1.165, 1.54) is 7.11 Å². The van der Waals surface area contributed by atoms with Gasteiger partial charge in [-0.25, -0.2) is 0 Å². The number of rotatable bonds is 8. The fourth-order valence-electron chi connectivity index (χ4n) is 2.05. The first kappa shape index (κ1) is 17.8. The second kappa shape index (κ2) is 8.87. The van der Waals surface area contributed by atoms with E-state index in [1.807, 2.05) is 18.7 Å². The first-order valence-corrected chi connectivity index (χ1v) is 7.36. The van der Waals surface area contributed by atoms with Crippen LogP contribution in [0, 0.1) is 6.92 Å². The van der Waals surface area contributed by atoms with Crippen LogP contribution in [0.3, 0.4) is 0 Å². The highest BCUT2D eigenvalue weighted by Crippen LogP contribution is 2.30. The highest BCUT2D eigenvalue weighted by Gasteiger charge is 2.13. The lowest BCUT2D eigenvalue weighted by atomic mass is 10.2. The summed E-state index contributed by atoms with van der Waals surface area (Å²) in [5.74, 6) is 0.389. The van der Waals surface area contributed by atoms with Gasteiger partial charge in [0.15, 0.2) is 0 Å². The predicted molar refractivity (Wildman–Crippen MR) is 85.2 cm³/mol. The summed E-state index contributed by atoms with van der Waals surface area (Å²) in [6, 6.07) is 3.47. The Morgan fingerprint density at radius 1 is 1.43 bits per heavy atom. The van der Waals surface area contributed by atoms with Crippen LogP contribution in [0.25, 0.3) is 0 Å². The second-order valence-electron chi connectivity index (χ2n) is 4.85. The Balaban J connectivity index is 2.75. The molecule has 1 aromatic rings. The minimum atomic E-state index is -0.142. The Hall–Kier alpha value is -1.30. The molecule has 0 spiro atoms. The van der Waals surface area contributed by atoms with Crippen molar-refractivity contribution in [1.82, 2.24) is 4.90 Å². The predicted octanol–water partition coefficient (Wildman–Crippen LogP) is 2.30. The molecule has 2 N–H and O–H groups in total. The standard InChI is InChI=1S/C15H23ClN2O3/c1-4-5-18(6-7-19)10-15(20)17-13-8-11(2)12(16)9-14(13)21-3/h8-9,19H,4-7,10H2,1-3H3,(H,17,20). The first-order valence-electron chi connectivity index (χ1n) is 6.99. The molecule has 0 heterocycles. The molecule has 1 aromatic carbocycles. The number of halogens is 1. The maximum absolute atomic E-state index is 12.1. The zero-order valence-electron chi connectivity index (χ0n) is 12.8. The molecule has 118 valence electrons. The number of nitrogens with one attached hydrogen (secondary N) is 1. The van der Waals surface area contributed by atoms with Gasteiger partial charge in [-0.1, -0.05) is 18.5 Å². The number of aryl methyl sites for hydroxylation is 1. The highest BCUT2D eigenvalue weighted by atomic mass is 35.5. The first-order chi connectivity index (χ1) is 10.0. The third-order valence-electron chi connectivity index (χ3n) is 3.08. The van der Waals surface area contributed by atoms with Gasteiger partial charge in [-0.15, -0.1) is 0 Å². The van der Waals surface area contributed by atoms with Gasteiger partial charge in [-0.05, 0) is 31.5 Å². The molecule has 21 heavy (non-hydrogen) atoms. The smallest absolute Gasteiger partial charge is 0.238 e. The van der Waals surface area contributed by atoms with Crippen molar-refractivity contribution in [3.8, 4) is 5.75 Å². The van der Waals surface area contributed by atoms with Gasteiger partial charge in [0.05, 0.1) is 25.9 Å². The van der Waals surface area contributed by atoms with Gasteiger partial charge in [0, 0.05) is 17.6 Å². The summed E-state index contributed by atoms with van der Waals surface area (Å²) in [5.41, 5.74) is 1.47. The molecule has 0 radical (unpaired) electrons. The summed E-state index contributed by atoms with van der Waals surface area (Å²) in [6.07, 6.45) is 0.927. The number of aliphatic hydroxyl groups is 1. The number of nitrogens with zero attached hydrogens (tertiary/aromatic N) is 1. The number of anilines is 1. The largest absolute Gasteiger partial charge is 0.495 e. The highest BCUT2D eigenvalue weighted by molar-refractivity contribution is 6.31. The topological polar surface area (TPSA) is 61.8 Å². The van der Waals surface area contributed by atoms with Crippen LogP contribution in [0.1, 0.15) is 18.9 Å². The van der Waals surface area contributed by atoms with Gasteiger partial charge in [0.25, 0.3) is 0 Å². The van der Waals surface area contributed by atoms with Gasteiger partial charge in [0.1, 0.15) is 5.75 Å². The summed E-state index contributed by atoms with van der Waals surface area (Å²) < 4.78 is 5.23. The molecule has 0 fully saturated rings. The number of hydrogen-bond acceptors (Lipinski definition) is 4. The monoisotopic (exact) mass is 314 g/mol. The zero-order valence-corrected chi connectivity index (χ0v) is 13.5. The van der Waals surface area contributed by atoms with Crippen molar-refractivity contribution < 1.29 is 14.6 Å². The Kier molecular flexibility index (Phi) is 7.50. The number of benzene rings is 1. The van der Waals surface area contributed by atoms with Gasteiger partial charge in [-0.3, -0.25) is 9.69 Å². The number of amides is 1. The number of methoxy groups -OCH3 is 1. The summed E-state index contributed by atoms with van der Waals surface area (Å²) in [6.45, 7) is 5.43. The third kappa shape index (κ3) is 5.53. The minimum Gasteiger partial charge on any atom is -0.495 e. The van der Waals surface area contributed by atoms with Crippen LogP contribution >= 0.6 is 11.6 Å². The van der Waals surface area contributed by atoms with Crippen molar-refractivity contribution in [2.75, 3.05) is 38.7 Å². The lowest BCUT2D eigenvalue weighted by molar-refractivity contribution is -0.117. The maximum atomic E-state index is 12.1. The van der Waals surface area contributed by atoms with Crippen molar-refractivity contribution in [3.63, 3.8) is 0 Å². The van der Waals surface area contributed by atoms with E-state index in [9.17, 15) is 4.79 Å². The van der Waals surface area contributed by atoms with Crippen molar-refractivity contribution in [3.05, 3.63) is 22.7 Å². The molecule has 6 heteroatoms. The summed E-state index contributed by atoms with van der Waals surface area (Å²) in [4.78, 5) is 14.0. The summed E-state index contributed by atoms with van der Waals surface area (Å²) in [7, 11) is 1.53. The Bertz CT molecular complexity index is 474. The molecular weight excluding hydrogens is 292 g/mol. The van der Waals surface area contributed by atoms with Crippen LogP contribution < -0.4 is 10.1 Å². The average Bonchev–Trinajstić information content (AvgIpc) is 2.43. The molecule has 0 aromatic heterocycles. The zero-order chi connectivity index (χ0) is 15.8. The van der Waals surface area contributed by atoms with E-state index in [-0.39, 0.29) is 19.1 Å². The maximum Gasteiger partial charge on any atom is 0.238 e. The Morgan fingerprint density at radius 3 is 2.71 bits per heavy atom. The molecule has 0 atom stereocenters. The fourth-order valence-corrected chi connectivity index (χ4v) is 2.20. The van der Waals surface area contributed by atoms with E-state index < -0.39 is 0 Å². The third-order valence-corrected chi connectivity index (χ3v) is 3.49. The molecule has 0 saturated heterocycles. The van der Waals surface area contributed by atoms with Gasteiger partial charge in [-0.2, -0.15) is 0 Å². The van der Waals surface area contributed by atoms with Crippen molar-refractivity contribution in [1.29, 1.82) is 0 Å². The van der Waals surface area contributed by atoms with E-state index >= 15 is 0 Å². The lowest BCUT2D eigenvalue weighted by Crippen LogP contribution is -2.35. The van der Waals surface area contributed by atoms with Crippen LogP contribution in [0.2, 0.25) is 5.02 Å². The fraction of sp³-hybridized carbons (Fsp3) is 0.533. The lowest BCUT2D eigenvalue weighted by Gasteiger charge is -2.20. The van der Waals surface area contributed by atoms with Gasteiger partial charge < -0.3 is 15.2 Å². The molecule has 0 aliphatic carbocycles. The molecule has 0 bridgehead atoms. The van der Waals surface area contributed by atoms with E-state index in [1.54, 1.807) is 12.1 Å². The number of carbonyl (C=O) groups excluding carboxylic acids is 1. The number of ether oxygens (including phenoxy) is 1. The minimum absolute atomic E-state index is 0.0383. The normalized spacial score (nSPS) is 10.8. The van der Waals surface area contributed by atoms with E-state index in [0.29, 0.717) is 23.0 Å². The van der Waals surface area contributed by atoms with Crippen molar-refractivity contribution in [2.24, 2.45) is 0 Å². The molecule has 0 saturated carbocycles. The summed E-state index contributed by atoms with van der Waals surface area (Å²) in [5, 5.41) is 12.4. The number of carbonyl (C=O) groups is 1. The van der Waals surface area contributed by atoms with Crippen LogP contribution in [-0.2, 0) is 4.79 Å².